The molecule has 0 radical (unpaired) electrons. The molecule has 164 valence electrons. The summed E-state index contributed by atoms with van der Waals surface area (Å²) in [6.07, 6.45) is 3.71. The molecule has 1 saturated carbocycles. The maximum Gasteiger partial charge on any atom is 0.191 e. The summed E-state index contributed by atoms with van der Waals surface area (Å²) in [5, 5.41) is 6.74. The molecule has 29 heavy (non-hydrogen) atoms. The average molecular weight is 516 g/mol. The highest BCUT2D eigenvalue weighted by molar-refractivity contribution is 14.0. The van der Waals surface area contributed by atoms with Gasteiger partial charge in [0.05, 0.1) is 19.8 Å². The van der Waals surface area contributed by atoms with Gasteiger partial charge in [0, 0.05) is 45.9 Å². The molecule has 2 N–H and O–H groups in total. The van der Waals surface area contributed by atoms with Crippen LogP contribution in [0.1, 0.15) is 37.3 Å². The number of halogens is 1. The Kier molecular flexibility index (Phi) is 11.9. The molecule has 1 aromatic rings. The van der Waals surface area contributed by atoms with Gasteiger partial charge in [-0.3, -0.25) is 4.90 Å². The Morgan fingerprint density at radius 2 is 2.00 bits per heavy atom. The standard InChI is InChI=1S/C22H36N4O2.HI/c1-2-23-22(24-9-4-12-28-18-19-7-8-19)25-16-20-5-3-6-21(15-20)17-26-10-13-27-14-11-26;/h3,5-6,15,19H,2,4,7-14,16-18H2,1H3,(H2,23,24,25);1H. The van der Waals surface area contributed by atoms with E-state index >= 15 is 0 Å². The Morgan fingerprint density at radius 1 is 1.21 bits per heavy atom. The van der Waals surface area contributed by atoms with E-state index in [0.717, 1.165) is 77.4 Å². The van der Waals surface area contributed by atoms with Crippen molar-refractivity contribution in [1.82, 2.24) is 15.5 Å². The molecule has 0 unspecified atom stereocenters. The number of aliphatic imine (C=N–C) groups is 1. The maximum absolute atomic E-state index is 5.69. The zero-order valence-corrected chi connectivity index (χ0v) is 20.0. The van der Waals surface area contributed by atoms with E-state index in [4.69, 9.17) is 14.5 Å². The molecule has 0 aromatic heterocycles. The number of hydrogen-bond acceptors (Lipinski definition) is 4. The summed E-state index contributed by atoms with van der Waals surface area (Å²) in [5.74, 6) is 1.72. The van der Waals surface area contributed by atoms with E-state index < -0.39 is 0 Å². The van der Waals surface area contributed by atoms with Crippen molar-refractivity contribution in [2.24, 2.45) is 10.9 Å². The first-order valence-electron chi connectivity index (χ1n) is 10.8. The van der Waals surface area contributed by atoms with Crippen LogP contribution in [0, 0.1) is 5.92 Å². The van der Waals surface area contributed by atoms with Crippen LogP contribution >= 0.6 is 24.0 Å². The fourth-order valence-electron chi connectivity index (χ4n) is 3.27. The monoisotopic (exact) mass is 516 g/mol. The van der Waals surface area contributed by atoms with Gasteiger partial charge in [0.25, 0.3) is 0 Å². The number of guanidine groups is 1. The summed E-state index contributed by atoms with van der Waals surface area (Å²) in [7, 11) is 0. The smallest absolute Gasteiger partial charge is 0.191 e. The molecule has 0 bridgehead atoms. The minimum absolute atomic E-state index is 0. The second-order valence-electron chi connectivity index (χ2n) is 7.70. The Morgan fingerprint density at radius 3 is 2.76 bits per heavy atom. The van der Waals surface area contributed by atoms with Crippen molar-refractivity contribution in [2.45, 2.75) is 39.3 Å². The van der Waals surface area contributed by atoms with Gasteiger partial charge >= 0.3 is 0 Å². The SMILES string of the molecule is CCNC(=NCc1cccc(CN2CCOCC2)c1)NCCCOCC1CC1.I. The summed E-state index contributed by atoms with van der Waals surface area (Å²) in [5.41, 5.74) is 2.59. The van der Waals surface area contributed by atoms with Gasteiger partial charge in [-0.2, -0.15) is 0 Å². The molecule has 2 fully saturated rings. The van der Waals surface area contributed by atoms with Crippen LogP contribution in [0.2, 0.25) is 0 Å². The van der Waals surface area contributed by atoms with Gasteiger partial charge in [0.2, 0.25) is 0 Å². The first kappa shape index (κ1) is 24.4. The molecule has 0 spiro atoms. The Bertz CT molecular complexity index is 604. The van der Waals surface area contributed by atoms with Crippen LogP contribution in [0.3, 0.4) is 0 Å². The van der Waals surface area contributed by atoms with Crippen molar-refractivity contribution >= 4 is 29.9 Å². The van der Waals surface area contributed by atoms with Gasteiger partial charge in [0.1, 0.15) is 0 Å². The Balaban J connectivity index is 0.00000300. The lowest BCUT2D eigenvalue weighted by molar-refractivity contribution is 0.0342. The minimum atomic E-state index is 0. The predicted octanol–water partition coefficient (Wildman–Crippen LogP) is 3.01. The zero-order chi connectivity index (χ0) is 19.4. The summed E-state index contributed by atoms with van der Waals surface area (Å²) in [6, 6.07) is 8.77. The molecular formula is C22H37IN4O2. The fourth-order valence-corrected chi connectivity index (χ4v) is 3.27. The van der Waals surface area contributed by atoms with E-state index in [9.17, 15) is 0 Å². The van der Waals surface area contributed by atoms with Crippen molar-refractivity contribution in [1.29, 1.82) is 0 Å². The number of benzene rings is 1. The third-order valence-electron chi connectivity index (χ3n) is 5.07. The Labute approximate surface area is 192 Å². The van der Waals surface area contributed by atoms with E-state index in [1.165, 1.54) is 24.0 Å². The number of hydrogen-bond donors (Lipinski definition) is 2. The first-order valence-corrected chi connectivity index (χ1v) is 10.8. The molecular weight excluding hydrogens is 479 g/mol. The van der Waals surface area contributed by atoms with Crippen LogP contribution in [0.5, 0.6) is 0 Å². The molecule has 0 amide bonds. The van der Waals surface area contributed by atoms with Gasteiger partial charge in [-0.25, -0.2) is 4.99 Å². The normalized spacial score (nSPS) is 17.6. The zero-order valence-electron chi connectivity index (χ0n) is 17.7. The van der Waals surface area contributed by atoms with Gasteiger partial charge < -0.3 is 20.1 Å². The van der Waals surface area contributed by atoms with Crippen LogP contribution in [-0.2, 0) is 22.6 Å². The number of nitrogens with zero attached hydrogens (tertiary/aromatic N) is 2. The molecule has 7 heteroatoms. The number of nitrogens with one attached hydrogen (secondary N) is 2. The van der Waals surface area contributed by atoms with Gasteiger partial charge in [-0.05, 0) is 43.2 Å². The summed E-state index contributed by atoms with van der Waals surface area (Å²) in [6.45, 7) is 11.0. The van der Waals surface area contributed by atoms with E-state index in [1.54, 1.807) is 0 Å². The highest BCUT2D eigenvalue weighted by Gasteiger charge is 2.20. The topological polar surface area (TPSA) is 58.1 Å². The largest absolute Gasteiger partial charge is 0.381 e. The highest BCUT2D eigenvalue weighted by atomic mass is 127. The van der Waals surface area contributed by atoms with E-state index in [0.29, 0.717) is 6.54 Å². The van der Waals surface area contributed by atoms with E-state index in [1.807, 2.05) is 0 Å². The lowest BCUT2D eigenvalue weighted by Gasteiger charge is -2.26. The third-order valence-corrected chi connectivity index (χ3v) is 5.07. The fraction of sp³-hybridized carbons (Fsp3) is 0.682. The molecule has 2 aliphatic rings. The quantitative estimate of drug-likeness (QED) is 0.205. The van der Waals surface area contributed by atoms with Crippen molar-refractivity contribution in [2.75, 3.05) is 52.6 Å². The second kappa shape index (κ2) is 14.2. The van der Waals surface area contributed by atoms with E-state index in [-0.39, 0.29) is 24.0 Å². The van der Waals surface area contributed by atoms with E-state index in [2.05, 4.69) is 46.7 Å². The maximum atomic E-state index is 5.69. The molecule has 1 aliphatic carbocycles. The van der Waals surface area contributed by atoms with Crippen LogP contribution in [0.25, 0.3) is 0 Å². The molecule has 1 aliphatic heterocycles. The predicted molar refractivity (Wildman–Crippen MR) is 129 cm³/mol. The van der Waals surface area contributed by atoms with Crippen LogP contribution in [0.4, 0.5) is 0 Å². The lowest BCUT2D eigenvalue weighted by atomic mass is 10.1. The number of morpholine rings is 1. The van der Waals surface area contributed by atoms with Crippen LogP contribution in [0.15, 0.2) is 29.3 Å². The van der Waals surface area contributed by atoms with Gasteiger partial charge in [-0.15, -0.1) is 24.0 Å². The van der Waals surface area contributed by atoms with Crippen molar-refractivity contribution in [3.63, 3.8) is 0 Å². The van der Waals surface area contributed by atoms with Crippen molar-refractivity contribution < 1.29 is 9.47 Å². The first-order chi connectivity index (χ1) is 13.8. The Hall–Kier alpha value is -0.900. The minimum Gasteiger partial charge on any atom is -0.381 e. The molecule has 1 aromatic carbocycles. The van der Waals surface area contributed by atoms with Crippen molar-refractivity contribution in [3.8, 4) is 0 Å². The summed E-state index contributed by atoms with van der Waals surface area (Å²) >= 11 is 0. The highest BCUT2D eigenvalue weighted by Crippen LogP contribution is 2.28. The summed E-state index contributed by atoms with van der Waals surface area (Å²) < 4.78 is 11.1. The van der Waals surface area contributed by atoms with Crippen LogP contribution in [-0.4, -0.2) is 63.5 Å². The van der Waals surface area contributed by atoms with Crippen molar-refractivity contribution in [3.05, 3.63) is 35.4 Å². The number of ether oxygens (including phenoxy) is 2. The van der Waals surface area contributed by atoms with Crippen LogP contribution < -0.4 is 10.6 Å². The lowest BCUT2D eigenvalue weighted by Crippen LogP contribution is -2.38. The molecule has 0 atom stereocenters. The molecule has 1 heterocycles. The number of rotatable bonds is 11. The molecule has 1 saturated heterocycles. The second-order valence-corrected chi connectivity index (χ2v) is 7.70. The van der Waals surface area contributed by atoms with Gasteiger partial charge in [-0.1, -0.05) is 24.3 Å². The summed E-state index contributed by atoms with van der Waals surface area (Å²) in [4.78, 5) is 7.19. The molecule has 6 nitrogen and oxygen atoms in total. The molecule has 3 rings (SSSR count). The van der Waals surface area contributed by atoms with Gasteiger partial charge in [0.15, 0.2) is 5.96 Å². The third kappa shape index (κ3) is 10.1. The average Bonchev–Trinajstić information content (AvgIpc) is 3.54.